The standard InChI is InChI=1S/C16H19NO/c1-11-14(10-12-6-2-5-9-16(12)18)13-7-3-4-8-15(13)17-11/h3-4,7-8,12,17H,2,5-6,9-10H2,1H3. The van der Waals surface area contributed by atoms with Crippen LogP contribution in [0.4, 0.5) is 0 Å². The molecule has 2 aromatic rings. The smallest absolute Gasteiger partial charge is 0.136 e. The number of fused-ring (bicyclic) bond motifs is 1. The highest BCUT2D eigenvalue weighted by Crippen LogP contribution is 2.29. The highest BCUT2D eigenvalue weighted by Gasteiger charge is 2.24. The molecule has 2 nitrogen and oxygen atoms in total. The van der Waals surface area contributed by atoms with Gasteiger partial charge in [0.25, 0.3) is 0 Å². The molecule has 1 aliphatic carbocycles. The fourth-order valence-corrected chi connectivity index (χ4v) is 3.12. The summed E-state index contributed by atoms with van der Waals surface area (Å²) in [5.41, 5.74) is 3.74. The Labute approximate surface area is 107 Å². The Morgan fingerprint density at radius 1 is 1.28 bits per heavy atom. The minimum Gasteiger partial charge on any atom is -0.358 e. The lowest BCUT2D eigenvalue weighted by Crippen LogP contribution is -2.21. The number of aryl methyl sites for hydroxylation is 1. The second kappa shape index (κ2) is 4.60. The molecular formula is C16H19NO. The number of aromatic nitrogens is 1. The maximum atomic E-state index is 12.0. The summed E-state index contributed by atoms with van der Waals surface area (Å²) < 4.78 is 0. The van der Waals surface area contributed by atoms with Crippen molar-refractivity contribution in [2.24, 2.45) is 5.92 Å². The Hall–Kier alpha value is -1.57. The molecule has 1 N–H and O–H groups in total. The molecule has 18 heavy (non-hydrogen) atoms. The van der Waals surface area contributed by atoms with E-state index < -0.39 is 0 Å². The van der Waals surface area contributed by atoms with Gasteiger partial charge in [-0.3, -0.25) is 4.79 Å². The molecule has 0 amide bonds. The first-order valence-electron chi connectivity index (χ1n) is 6.84. The molecule has 1 atom stereocenters. The summed E-state index contributed by atoms with van der Waals surface area (Å²) in [5, 5.41) is 1.29. The van der Waals surface area contributed by atoms with E-state index in [1.807, 2.05) is 6.07 Å². The van der Waals surface area contributed by atoms with Crippen molar-refractivity contribution >= 4 is 16.7 Å². The lowest BCUT2D eigenvalue weighted by Gasteiger charge is -2.20. The van der Waals surface area contributed by atoms with Gasteiger partial charge in [0.2, 0.25) is 0 Å². The zero-order valence-corrected chi connectivity index (χ0v) is 10.8. The van der Waals surface area contributed by atoms with Crippen molar-refractivity contribution < 1.29 is 4.79 Å². The lowest BCUT2D eigenvalue weighted by molar-refractivity contribution is -0.124. The summed E-state index contributed by atoms with van der Waals surface area (Å²) in [6.45, 7) is 2.11. The van der Waals surface area contributed by atoms with Crippen molar-refractivity contribution in [3.63, 3.8) is 0 Å². The molecule has 1 aromatic heterocycles. The number of carbonyl (C=O) groups excluding carboxylic acids is 1. The zero-order valence-electron chi connectivity index (χ0n) is 10.8. The van der Waals surface area contributed by atoms with Crippen LogP contribution < -0.4 is 0 Å². The first-order valence-corrected chi connectivity index (χ1v) is 6.84. The Morgan fingerprint density at radius 3 is 2.94 bits per heavy atom. The van der Waals surface area contributed by atoms with E-state index in [-0.39, 0.29) is 5.92 Å². The quantitative estimate of drug-likeness (QED) is 0.852. The second-order valence-corrected chi connectivity index (χ2v) is 5.39. The van der Waals surface area contributed by atoms with Gasteiger partial charge in [-0.1, -0.05) is 24.6 Å². The number of aromatic amines is 1. The zero-order chi connectivity index (χ0) is 12.5. The van der Waals surface area contributed by atoms with Gasteiger partial charge in [0.15, 0.2) is 0 Å². The molecule has 2 heteroatoms. The van der Waals surface area contributed by atoms with Crippen LogP contribution in [0.1, 0.15) is 36.9 Å². The molecule has 1 fully saturated rings. The van der Waals surface area contributed by atoms with E-state index in [0.717, 1.165) is 25.7 Å². The Bertz CT molecular complexity index is 582. The van der Waals surface area contributed by atoms with Crippen molar-refractivity contribution in [2.45, 2.75) is 39.0 Å². The largest absolute Gasteiger partial charge is 0.358 e. The monoisotopic (exact) mass is 241 g/mol. The predicted octanol–water partition coefficient (Wildman–Crippen LogP) is 3.78. The van der Waals surface area contributed by atoms with E-state index in [1.54, 1.807) is 0 Å². The van der Waals surface area contributed by atoms with Crippen LogP contribution in [-0.4, -0.2) is 10.8 Å². The van der Waals surface area contributed by atoms with Gasteiger partial charge in [-0.25, -0.2) is 0 Å². The molecule has 0 aliphatic heterocycles. The number of carbonyl (C=O) groups is 1. The van der Waals surface area contributed by atoms with E-state index in [2.05, 4.69) is 30.1 Å². The number of ketones is 1. The van der Waals surface area contributed by atoms with Crippen LogP contribution in [-0.2, 0) is 11.2 Å². The minimum atomic E-state index is 0.247. The number of hydrogen-bond donors (Lipinski definition) is 1. The molecule has 1 aliphatic rings. The third kappa shape index (κ3) is 1.96. The van der Waals surface area contributed by atoms with Crippen LogP contribution in [0.15, 0.2) is 24.3 Å². The van der Waals surface area contributed by atoms with E-state index >= 15 is 0 Å². The van der Waals surface area contributed by atoms with E-state index in [4.69, 9.17) is 0 Å². The van der Waals surface area contributed by atoms with Crippen LogP contribution in [0.3, 0.4) is 0 Å². The maximum absolute atomic E-state index is 12.0. The van der Waals surface area contributed by atoms with Gasteiger partial charge in [-0.05, 0) is 37.8 Å². The number of H-pyrrole nitrogens is 1. The summed E-state index contributed by atoms with van der Waals surface area (Å²) in [7, 11) is 0. The van der Waals surface area contributed by atoms with Gasteiger partial charge in [0.1, 0.15) is 5.78 Å². The van der Waals surface area contributed by atoms with Crippen molar-refractivity contribution in [3.8, 4) is 0 Å². The average molecular weight is 241 g/mol. The number of Topliss-reactive ketones (excluding diaryl/α,β-unsaturated/α-hetero) is 1. The first-order chi connectivity index (χ1) is 8.75. The maximum Gasteiger partial charge on any atom is 0.136 e. The van der Waals surface area contributed by atoms with Gasteiger partial charge in [-0.2, -0.15) is 0 Å². The molecule has 1 unspecified atom stereocenters. The van der Waals surface area contributed by atoms with Gasteiger partial charge >= 0.3 is 0 Å². The van der Waals surface area contributed by atoms with Crippen molar-refractivity contribution in [2.75, 3.05) is 0 Å². The first kappa shape index (κ1) is 11.5. The van der Waals surface area contributed by atoms with Crippen LogP contribution in [0.5, 0.6) is 0 Å². The summed E-state index contributed by atoms with van der Waals surface area (Å²) in [5.74, 6) is 0.711. The number of benzene rings is 1. The van der Waals surface area contributed by atoms with Gasteiger partial charge in [-0.15, -0.1) is 0 Å². The number of hydrogen-bond acceptors (Lipinski definition) is 1. The topological polar surface area (TPSA) is 32.9 Å². The summed E-state index contributed by atoms with van der Waals surface area (Å²) >= 11 is 0. The van der Waals surface area contributed by atoms with Gasteiger partial charge in [0, 0.05) is 28.9 Å². The van der Waals surface area contributed by atoms with Crippen LogP contribution >= 0.6 is 0 Å². The van der Waals surface area contributed by atoms with Crippen LogP contribution in [0.25, 0.3) is 10.9 Å². The fraction of sp³-hybridized carbons (Fsp3) is 0.438. The molecule has 0 saturated heterocycles. The molecule has 1 heterocycles. The lowest BCUT2D eigenvalue weighted by atomic mass is 9.83. The predicted molar refractivity (Wildman–Crippen MR) is 73.7 cm³/mol. The minimum absolute atomic E-state index is 0.247. The average Bonchev–Trinajstić information content (AvgIpc) is 2.69. The molecule has 0 radical (unpaired) electrons. The highest BCUT2D eigenvalue weighted by molar-refractivity contribution is 5.86. The molecule has 3 rings (SSSR count). The number of para-hydroxylation sites is 1. The summed E-state index contributed by atoms with van der Waals surface area (Å²) in [6, 6.07) is 8.38. The van der Waals surface area contributed by atoms with Crippen molar-refractivity contribution in [1.82, 2.24) is 4.98 Å². The summed E-state index contributed by atoms with van der Waals surface area (Å²) in [4.78, 5) is 15.4. The Kier molecular flexibility index (Phi) is 2.94. The molecule has 0 bridgehead atoms. The van der Waals surface area contributed by atoms with Crippen LogP contribution in [0.2, 0.25) is 0 Å². The molecule has 94 valence electrons. The third-order valence-electron chi connectivity index (χ3n) is 4.16. The highest BCUT2D eigenvalue weighted by atomic mass is 16.1. The molecular weight excluding hydrogens is 222 g/mol. The fourth-order valence-electron chi connectivity index (χ4n) is 3.12. The van der Waals surface area contributed by atoms with E-state index in [9.17, 15) is 4.79 Å². The number of rotatable bonds is 2. The van der Waals surface area contributed by atoms with E-state index in [1.165, 1.54) is 28.6 Å². The summed E-state index contributed by atoms with van der Waals surface area (Å²) in [6.07, 6.45) is 5.05. The molecule has 1 saturated carbocycles. The SMILES string of the molecule is Cc1[nH]c2ccccc2c1CC1CCCCC1=O. The van der Waals surface area contributed by atoms with Crippen LogP contribution in [0, 0.1) is 12.8 Å². The van der Waals surface area contributed by atoms with Gasteiger partial charge in [0.05, 0.1) is 0 Å². The van der Waals surface area contributed by atoms with Gasteiger partial charge < -0.3 is 4.98 Å². The second-order valence-electron chi connectivity index (χ2n) is 5.39. The van der Waals surface area contributed by atoms with E-state index in [0.29, 0.717) is 5.78 Å². The van der Waals surface area contributed by atoms with Crippen molar-refractivity contribution in [3.05, 3.63) is 35.5 Å². The Balaban J connectivity index is 1.94. The Morgan fingerprint density at radius 2 is 2.11 bits per heavy atom. The third-order valence-corrected chi connectivity index (χ3v) is 4.16. The number of nitrogens with one attached hydrogen (secondary N) is 1. The van der Waals surface area contributed by atoms with Crippen molar-refractivity contribution in [1.29, 1.82) is 0 Å². The normalized spacial score (nSPS) is 20.5. The molecule has 0 spiro atoms. The molecule has 1 aromatic carbocycles.